The topological polar surface area (TPSA) is 137 Å². The van der Waals surface area contributed by atoms with Gasteiger partial charge in [0.2, 0.25) is 5.91 Å². The molecular weight excluding hydrogens is 570 g/mol. The third-order valence-electron chi connectivity index (χ3n) is 7.15. The molecule has 0 radical (unpaired) electrons. The van der Waals surface area contributed by atoms with E-state index in [1.54, 1.807) is 24.3 Å². The maximum absolute atomic E-state index is 14.1. The summed E-state index contributed by atoms with van der Waals surface area (Å²) in [5.41, 5.74) is 8.37. The van der Waals surface area contributed by atoms with Crippen LogP contribution in [0.3, 0.4) is 0 Å². The minimum Gasteiger partial charge on any atom is -0.461 e. The lowest BCUT2D eigenvalue weighted by molar-refractivity contribution is -0.164. The highest BCUT2D eigenvalue weighted by Gasteiger charge is 2.57. The Morgan fingerprint density at radius 1 is 0.907 bits per heavy atom. The number of nitrogens with zero attached hydrogens (tertiary/aromatic N) is 1. The molecule has 2 aliphatic rings. The SMILES string of the molecule is CO[C@@H]1C(=O)N2C(C(=O)OC(c3ccccc3)c3ccccc3)=C(COC(C)=O)C(NC(=O)C(N)c3ccccc3)S[C@@H]12. The highest BCUT2D eigenvalue weighted by atomic mass is 32.2. The quantitative estimate of drug-likeness (QED) is 0.265. The molecule has 11 heteroatoms. The number of β-lactam (4-membered cyclic amide) rings is 1. The van der Waals surface area contributed by atoms with Crippen molar-refractivity contribution in [3.63, 3.8) is 0 Å². The fourth-order valence-electron chi connectivity index (χ4n) is 4.98. The van der Waals surface area contributed by atoms with Crippen LogP contribution in [0.5, 0.6) is 0 Å². The molecule has 0 spiro atoms. The first-order valence-corrected chi connectivity index (χ1v) is 14.5. The lowest BCUT2D eigenvalue weighted by atomic mass is 10.0. The summed E-state index contributed by atoms with van der Waals surface area (Å²) in [4.78, 5) is 53.8. The molecule has 3 aromatic rings. The molecular formula is C32H31N3O7S. The predicted molar refractivity (Wildman–Crippen MR) is 159 cm³/mol. The summed E-state index contributed by atoms with van der Waals surface area (Å²) in [5.74, 6) is -2.39. The van der Waals surface area contributed by atoms with E-state index < -0.39 is 52.8 Å². The van der Waals surface area contributed by atoms with E-state index >= 15 is 0 Å². The van der Waals surface area contributed by atoms with Crippen LogP contribution in [-0.4, -0.2) is 59.2 Å². The van der Waals surface area contributed by atoms with Crippen LogP contribution < -0.4 is 11.1 Å². The first-order valence-electron chi connectivity index (χ1n) is 13.6. The standard InChI is InChI=1S/C32H31N3O7S/c1-19(36)41-18-23-25(32(39)42-26(21-14-8-4-9-15-21)22-16-10-5-11-17-22)35-30(38)27(40-2)31(35)43-29(23)34-28(37)24(33)20-12-6-3-7-13-20/h3-17,24,26-27,29,31H,18,33H2,1-2H3,(H,34,37)/t24?,27-,29?,31+/m1/s1. The monoisotopic (exact) mass is 601 g/mol. The highest BCUT2D eigenvalue weighted by molar-refractivity contribution is 8.00. The third kappa shape index (κ3) is 6.34. The number of thioether (sulfide) groups is 1. The van der Waals surface area contributed by atoms with Crippen molar-refractivity contribution in [2.45, 2.75) is 35.9 Å². The Balaban J connectivity index is 1.54. The molecule has 2 aliphatic heterocycles. The van der Waals surface area contributed by atoms with E-state index in [9.17, 15) is 19.2 Å². The molecule has 5 rings (SSSR count). The van der Waals surface area contributed by atoms with Crippen LogP contribution in [0, 0.1) is 0 Å². The van der Waals surface area contributed by atoms with Gasteiger partial charge in [0.1, 0.15) is 29.1 Å². The Labute approximate surface area is 253 Å². The van der Waals surface area contributed by atoms with E-state index in [2.05, 4.69) is 5.32 Å². The summed E-state index contributed by atoms with van der Waals surface area (Å²) in [6.07, 6.45) is -1.66. The zero-order chi connectivity index (χ0) is 30.5. The van der Waals surface area contributed by atoms with Gasteiger partial charge >= 0.3 is 11.9 Å². The molecule has 3 N–H and O–H groups in total. The van der Waals surface area contributed by atoms with Gasteiger partial charge in [-0.05, 0) is 16.7 Å². The van der Waals surface area contributed by atoms with Crippen molar-refractivity contribution >= 4 is 35.5 Å². The number of esters is 2. The number of methoxy groups -OCH3 is 1. The summed E-state index contributed by atoms with van der Waals surface area (Å²) in [6, 6.07) is 26.2. The highest BCUT2D eigenvalue weighted by Crippen LogP contribution is 2.45. The average molecular weight is 602 g/mol. The zero-order valence-corrected chi connectivity index (χ0v) is 24.4. The molecule has 0 aliphatic carbocycles. The fourth-order valence-corrected chi connectivity index (χ4v) is 6.49. The Morgan fingerprint density at radius 3 is 1.95 bits per heavy atom. The van der Waals surface area contributed by atoms with Gasteiger partial charge in [-0.3, -0.25) is 19.3 Å². The number of ether oxygens (including phenoxy) is 3. The van der Waals surface area contributed by atoms with Gasteiger partial charge in [-0.15, -0.1) is 11.8 Å². The van der Waals surface area contributed by atoms with Crippen molar-refractivity contribution in [1.82, 2.24) is 10.2 Å². The van der Waals surface area contributed by atoms with Gasteiger partial charge in [0, 0.05) is 19.6 Å². The molecule has 222 valence electrons. The smallest absolute Gasteiger partial charge is 0.356 e. The van der Waals surface area contributed by atoms with Crippen LogP contribution in [0.4, 0.5) is 0 Å². The normalized spacial score (nSPS) is 20.1. The fraction of sp³-hybridized carbons (Fsp3) is 0.250. The number of hydrogen-bond acceptors (Lipinski definition) is 9. The van der Waals surface area contributed by atoms with Gasteiger partial charge < -0.3 is 25.3 Å². The van der Waals surface area contributed by atoms with Crippen LogP contribution in [0.15, 0.2) is 102 Å². The van der Waals surface area contributed by atoms with E-state index in [1.807, 2.05) is 66.7 Å². The number of carbonyl (C=O) groups excluding carboxylic acids is 4. The number of benzene rings is 3. The second-order valence-corrected chi connectivity index (χ2v) is 11.2. The van der Waals surface area contributed by atoms with Crippen LogP contribution >= 0.6 is 11.8 Å². The van der Waals surface area contributed by atoms with Gasteiger partial charge in [0.25, 0.3) is 5.91 Å². The molecule has 2 heterocycles. The maximum Gasteiger partial charge on any atom is 0.356 e. The molecule has 1 fully saturated rings. The summed E-state index contributed by atoms with van der Waals surface area (Å²) in [7, 11) is 1.40. The predicted octanol–water partition coefficient (Wildman–Crippen LogP) is 3.21. The number of fused-ring (bicyclic) bond motifs is 1. The molecule has 0 bridgehead atoms. The Morgan fingerprint density at radius 2 is 1.44 bits per heavy atom. The largest absolute Gasteiger partial charge is 0.461 e. The molecule has 0 aromatic heterocycles. The number of nitrogens with one attached hydrogen (secondary N) is 1. The van der Waals surface area contributed by atoms with Gasteiger partial charge in [0.05, 0.1) is 0 Å². The second-order valence-electron chi connectivity index (χ2n) is 9.93. The van der Waals surface area contributed by atoms with Crippen LogP contribution in [0.25, 0.3) is 0 Å². The molecule has 2 amide bonds. The van der Waals surface area contributed by atoms with Crippen molar-refractivity contribution < 1.29 is 33.4 Å². The van der Waals surface area contributed by atoms with Crippen LogP contribution in [0.2, 0.25) is 0 Å². The summed E-state index contributed by atoms with van der Waals surface area (Å²) >= 11 is 1.19. The van der Waals surface area contributed by atoms with E-state index in [0.29, 0.717) is 16.7 Å². The lowest BCUT2D eigenvalue weighted by Crippen LogP contribution is -2.67. The van der Waals surface area contributed by atoms with Crippen molar-refractivity contribution in [2.24, 2.45) is 5.73 Å². The maximum atomic E-state index is 14.1. The minimum absolute atomic E-state index is 0.112. The Bertz CT molecular complexity index is 1480. The van der Waals surface area contributed by atoms with Gasteiger partial charge in [-0.1, -0.05) is 91.0 Å². The molecule has 4 atom stereocenters. The molecule has 10 nitrogen and oxygen atoms in total. The molecule has 3 aromatic carbocycles. The minimum atomic E-state index is -1.01. The van der Waals surface area contributed by atoms with Crippen LogP contribution in [0.1, 0.15) is 35.8 Å². The third-order valence-corrected chi connectivity index (χ3v) is 8.57. The number of rotatable bonds is 10. The summed E-state index contributed by atoms with van der Waals surface area (Å²) in [5, 5.41) is 1.35. The molecule has 2 unspecified atom stereocenters. The van der Waals surface area contributed by atoms with Crippen molar-refractivity contribution in [3.8, 4) is 0 Å². The van der Waals surface area contributed by atoms with Crippen molar-refractivity contribution in [2.75, 3.05) is 13.7 Å². The number of nitrogens with two attached hydrogens (primary N) is 1. The van der Waals surface area contributed by atoms with E-state index in [-0.39, 0.29) is 17.9 Å². The zero-order valence-electron chi connectivity index (χ0n) is 23.5. The van der Waals surface area contributed by atoms with E-state index in [0.717, 1.165) is 0 Å². The van der Waals surface area contributed by atoms with Crippen LogP contribution in [-0.2, 0) is 33.4 Å². The number of amides is 2. The molecule has 43 heavy (non-hydrogen) atoms. The van der Waals surface area contributed by atoms with Crippen molar-refractivity contribution in [3.05, 3.63) is 119 Å². The van der Waals surface area contributed by atoms with Gasteiger partial charge in [-0.25, -0.2) is 4.79 Å². The summed E-state index contributed by atoms with van der Waals surface area (Å²) in [6.45, 7) is 0.862. The molecule has 1 saturated heterocycles. The summed E-state index contributed by atoms with van der Waals surface area (Å²) < 4.78 is 16.8. The van der Waals surface area contributed by atoms with Gasteiger partial charge in [0.15, 0.2) is 12.2 Å². The second kappa shape index (κ2) is 13.2. The average Bonchev–Trinajstić information content (AvgIpc) is 3.03. The van der Waals surface area contributed by atoms with E-state index in [4.69, 9.17) is 19.9 Å². The number of carbonyl (C=O) groups is 4. The molecule has 0 saturated carbocycles. The first-order chi connectivity index (χ1) is 20.8. The number of hydrogen-bond donors (Lipinski definition) is 2. The van der Waals surface area contributed by atoms with Crippen molar-refractivity contribution in [1.29, 1.82) is 0 Å². The van der Waals surface area contributed by atoms with Gasteiger partial charge in [-0.2, -0.15) is 0 Å². The Hall–Kier alpha value is -4.45. The van der Waals surface area contributed by atoms with E-state index in [1.165, 1.54) is 30.7 Å². The first kappa shape index (κ1) is 30.0. The Kier molecular flexibility index (Phi) is 9.24. The lowest BCUT2D eigenvalue weighted by Gasteiger charge is -2.50.